The van der Waals surface area contributed by atoms with Crippen molar-refractivity contribution in [2.75, 3.05) is 0 Å². The van der Waals surface area contributed by atoms with E-state index in [9.17, 15) is 0 Å². The maximum Gasteiger partial charge on any atom is 0.373 e. The summed E-state index contributed by atoms with van der Waals surface area (Å²) in [4.78, 5) is 16.2. The van der Waals surface area contributed by atoms with Crippen molar-refractivity contribution in [2.45, 2.75) is 20.3 Å². The number of rotatable bonds is 4. The van der Waals surface area contributed by atoms with Gasteiger partial charge >= 0.3 is 6.15 Å². The van der Waals surface area contributed by atoms with Gasteiger partial charge in [-0.2, -0.15) is 14.7 Å². The number of nitrogens with zero attached hydrogens (tertiary/aromatic N) is 5. The Hall–Kier alpha value is -3.83. The minimum atomic E-state index is 0.250. The lowest BCUT2D eigenvalue weighted by Gasteiger charge is -2.06. The van der Waals surface area contributed by atoms with Crippen LogP contribution >= 0.6 is 0 Å². The van der Waals surface area contributed by atoms with Crippen molar-refractivity contribution in [1.82, 2.24) is 24.8 Å². The van der Waals surface area contributed by atoms with Gasteiger partial charge in [0.2, 0.25) is 0 Å². The molecule has 0 aliphatic heterocycles. The van der Waals surface area contributed by atoms with E-state index in [0.29, 0.717) is 0 Å². The van der Waals surface area contributed by atoms with Crippen LogP contribution in [0.5, 0.6) is 0 Å². The molecule has 2 aromatic heterocycles. The van der Waals surface area contributed by atoms with Crippen LogP contribution in [0.1, 0.15) is 18.2 Å². The van der Waals surface area contributed by atoms with Gasteiger partial charge in [-0.25, -0.2) is 9.36 Å². The highest BCUT2D eigenvalue weighted by molar-refractivity contribution is 5.60. The molecule has 0 N–H and O–H groups in total. The summed E-state index contributed by atoms with van der Waals surface area (Å²) in [6, 6.07) is 18.2. The fraction of sp³-hybridized carbons (Fsp3) is 0.143. The third-order valence-electron chi connectivity index (χ3n) is 4.41. The summed E-state index contributed by atoms with van der Waals surface area (Å²) in [6.45, 7) is 4.25. The van der Waals surface area contributed by atoms with Crippen molar-refractivity contribution in [3.63, 3.8) is 0 Å². The molecule has 140 valence electrons. The molecule has 0 aliphatic carbocycles. The van der Waals surface area contributed by atoms with Gasteiger partial charge in [0.25, 0.3) is 0 Å². The van der Waals surface area contributed by atoms with Crippen LogP contribution in [0.15, 0.2) is 67.0 Å². The fourth-order valence-electron chi connectivity index (χ4n) is 2.93. The molecule has 0 fully saturated rings. The summed E-state index contributed by atoms with van der Waals surface area (Å²) in [7, 11) is 0. The Labute approximate surface area is 162 Å². The molecule has 0 saturated heterocycles. The highest BCUT2D eigenvalue weighted by atomic mass is 16.2. The Bertz CT molecular complexity index is 1080. The van der Waals surface area contributed by atoms with Gasteiger partial charge in [0.05, 0.1) is 23.8 Å². The molecular formula is C21H19N5O2. The zero-order valence-corrected chi connectivity index (χ0v) is 15.6. The topological polar surface area (TPSA) is 82.7 Å². The SMILES string of the molecule is CCc1cnn(-c2ccc(-c3cn(-c4ccccc4)nn3)cc2)c1C.O=C=O. The fourth-order valence-corrected chi connectivity index (χ4v) is 2.93. The molecule has 0 saturated carbocycles. The molecule has 2 aromatic carbocycles. The first-order valence-corrected chi connectivity index (χ1v) is 8.79. The van der Waals surface area contributed by atoms with Gasteiger partial charge in [-0.15, -0.1) is 5.10 Å². The molecule has 0 atom stereocenters. The van der Waals surface area contributed by atoms with E-state index in [0.717, 1.165) is 29.1 Å². The van der Waals surface area contributed by atoms with Crippen molar-refractivity contribution >= 4 is 6.15 Å². The predicted molar refractivity (Wildman–Crippen MR) is 103 cm³/mol. The van der Waals surface area contributed by atoms with E-state index in [2.05, 4.69) is 53.5 Å². The molecule has 28 heavy (non-hydrogen) atoms. The normalized spacial score (nSPS) is 10.1. The minimum absolute atomic E-state index is 0.250. The van der Waals surface area contributed by atoms with E-state index in [1.54, 1.807) is 4.68 Å². The van der Waals surface area contributed by atoms with Crippen molar-refractivity contribution in [3.8, 4) is 22.6 Å². The van der Waals surface area contributed by atoms with Gasteiger partial charge in [0, 0.05) is 11.3 Å². The molecule has 0 radical (unpaired) electrons. The van der Waals surface area contributed by atoms with Gasteiger partial charge in [-0.05, 0) is 43.2 Å². The lowest BCUT2D eigenvalue weighted by Crippen LogP contribution is -1.99. The largest absolute Gasteiger partial charge is 0.373 e. The maximum absolute atomic E-state index is 8.12. The summed E-state index contributed by atoms with van der Waals surface area (Å²) in [5, 5.41) is 13.0. The molecule has 0 amide bonds. The Morgan fingerprint density at radius 3 is 2.25 bits per heavy atom. The Balaban J connectivity index is 0.000000706. The molecule has 7 heteroatoms. The Morgan fingerprint density at radius 1 is 0.964 bits per heavy atom. The van der Waals surface area contributed by atoms with Crippen molar-refractivity contribution in [3.05, 3.63) is 78.2 Å². The zero-order chi connectivity index (χ0) is 19.9. The molecule has 7 nitrogen and oxygen atoms in total. The highest BCUT2D eigenvalue weighted by Gasteiger charge is 2.09. The maximum atomic E-state index is 8.12. The second kappa shape index (κ2) is 8.70. The van der Waals surface area contributed by atoms with Crippen LogP contribution in [0.3, 0.4) is 0 Å². The van der Waals surface area contributed by atoms with E-state index >= 15 is 0 Å². The lowest BCUT2D eigenvalue weighted by atomic mass is 10.1. The Morgan fingerprint density at radius 2 is 1.64 bits per heavy atom. The van der Waals surface area contributed by atoms with Gasteiger partial charge in [-0.3, -0.25) is 0 Å². The summed E-state index contributed by atoms with van der Waals surface area (Å²) in [5.41, 5.74) is 6.39. The summed E-state index contributed by atoms with van der Waals surface area (Å²) >= 11 is 0. The van der Waals surface area contributed by atoms with Crippen molar-refractivity contribution < 1.29 is 9.59 Å². The molecule has 0 spiro atoms. The minimum Gasteiger partial charge on any atom is -0.238 e. The monoisotopic (exact) mass is 373 g/mol. The predicted octanol–water partition coefficient (Wildman–Crippen LogP) is 3.41. The summed E-state index contributed by atoms with van der Waals surface area (Å²) in [5.74, 6) is 0. The molecule has 0 bridgehead atoms. The number of aromatic nitrogens is 5. The van der Waals surface area contributed by atoms with Crippen molar-refractivity contribution in [2.24, 2.45) is 0 Å². The van der Waals surface area contributed by atoms with Crippen LogP contribution in [0, 0.1) is 6.92 Å². The van der Waals surface area contributed by atoms with E-state index in [-0.39, 0.29) is 6.15 Å². The number of benzene rings is 2. The van der Waals surface area contributed by atoms with Gasteiger partial charge in [0.15, 0.2) is 0 Å². The smallest absolute Gasteiger partial charge is 0.238 e. The first-order chi connectivity index (χ1) is 13.7. The number of hydrogen-bond donors (Lipinski definition) is 0. The molecule has 4 aromatic rings. The quantitative estimate of drug-likeness (QED) is 0.547. The second-order valence-electron chi connectivity index (χ2n) is 6.03. The Kier molecular flexibility index (Phi) is 5.89. The van der Waals surface area contributed by atoms with Crippen LogP contribution in [-0.4, -0.2) is 30.9 Å². The van der Waals surface area contributed by atoms with Crippen LogP contribution in [0.2, 0.25) is 0 Å². The molecule has 0 aliphatic rings. The van der Waals surface area contributed by atoms with E-state index in [1.807, 2.05) is 47.4 Å². The summed E-state index contributed by atoms with van der Waals surface area (Å²) < 4.78 is 3.76. The highest BCUT2D eigenvalue weighted by Crippen LogP contribution is 2.21. The number of para-hydroxylation sites is 1. The zero-order valence-electron chi connectivity index (χ0n) is 15.6. The first kappa shape index (κ1) is 18.9. The van der Waals surface area contributed by atoms with Gasteiger partial charge in [0.1, 0.15) is 5.69 Å². The van der Waals surface area contributed by atoms with E-state index in [4.69, 9.17) is 9.59 Å². The van der Waals surface area contributed by atoms with Gasteiger partial charge < -0.3 is 0 Å². The number of carbonyl (C=O) groups excluding carboxylic acids is 2. The van der Waals surface area contributed by atoms with Crippen LogP contribution in [0.4, 0.5) is 0 Å². The molecule has 2 heterocycles. The lowest BCUT2D eigenvalue weighted by molar-refractivity contribution is -0.191. The first-order valence-electron chi connectivity index (χ1n) is 8.79. The molecular weight excluding hydrogens is 354 g/mol. The number of aryl methyl sites for hydroxylation is 1. The van der Waals surface area contributed by atoms with Crippen LogP contribution in [-0.2, 0) is 16.0 Å². The standard InChI is InChI=1S/C20H19N5.CO2/c1-3-16-13-21-25(15(16)2)19-11-9-17(10-12-19)20-14-24(23-22-20)18-7-5-4-6-8-18;2-1-3/h4-14H,3H2,1-2H3;. The molecule has 4 rings (SSSR count). The number of hydrogen-bond acceptors (Lipinski definition) is 5. The molecule has 0 unspecified atom stereocenters. The van der Waals surface area contributed by atoms with Crippen LogP contribution < -0.4 is 0 Å². The van der Waals surface area contributed by atoms with Crippen LogP contribution in [0.25, 0.3) is 22.6 Å². The average molecular weight is 373 g/mol. The van der Waals surface area contributed by atoms with E-state index in [1.165, 1.54) is 11.3 Å². The third kappa shape index (κ3) is 3.95. The summed E-state index contributed by atoms with van der Waals surface area (Å²) in [6.07, 6.45) is 5.12. The van der Waals surface area contributed by atoms with Gasteiger partial charge in [-0.1, -0.05) is 42.5 Å². The average Bonchev–Trinajstić information content (AvgIpc) is 3.36. The van der Waals surface area contributed by atoms with Crippen molar-refractivity contribution in [1.29, 1.82) is 0 Å². The van der Waals surface area contributed by atoms with E-state index < -0.39 is 0 Å². The second-order valence-corrected chi connectivity index (χ2v) is 6.03. The third-order valence-corrected chi connectivity index (χ3v) is 4.41.